The number of ether oxygens (including phenoxy) is 1. The number of benzene rings is 2. The van der Waals surface area contributed by atoms with Gasteiger partial charge in [-0.2, -0.15) is 0 Å². The minimum absolute atomic E-state index is 0.182. The molecule has 0 aliphatic heterocycles. The largest absolute Gasteiger partial charge is 0.480 e. The van der Waals surface area contributed by atoms with Crippen molar-refractivity contribution in [3.63, 3.8) is 0 Å². The Hall–Kier alpha value is -1.33. The number of rotatable bonds is 4. The maximum atomic E-state index is 12.2. The molecule has 5 heteroatoms. The van der Waals surface area contributed by atoms with Crippen LogP contribution in [0.5, 0.6) is 5.75 Å². The molecule has 1 atom stereocenters. The van der Waals surface area contributed by atoms with Crippen LogP contribution in [0.2, 0.25) is 0 Å². The quantitative estimate of drug-likeness (QED) is 0.726. The molecule has 0 spiro atoms. The number of hydrogen-bond donors (Lipinski definition) is 1. The molecule has 3 nitrogen and oxygen atoms in total. The van der Waals surface area contributed by atoms with Gasteiger partial charge in [-0.1, -0.05) is 22.0 Å². The molecule has 1 unspecified atom stereocenters. The van der Waals surface area contributed by atoms with Gasteiger partial charge in [0, 0.05) is 10.2 Å². The van der Waals surface area contributed by atoms with E-state index in [1.165, 1.54) is 5.56 Å². The summed E-state index contributed by atoms with van der Waals surface area (Å²) in [5, 5.41) is 2.87. The molecular formula is C17H17Br2NO2. The molecule has 1 amide bonds. The number of aryl methyl sites for hydroxylation is 2. The Labute approximate surface area is 147 Å². The third kappa shape index (κ3) is 4.34. The molecule has 0 aromatic heterocycles. The molecule has 0 saturated carbocycles. The Kier molecular flexibility index (Phi) is 5.64. The summed E-state index contributed by atoms with van der Waals surface area (Å²) in [7, 11) is 0. The number of carbonyl (C=O) groups excluding carboxylic acids is 1. The number of halogens is 2. The monoisotopic (exact) mass is 425 g/mol. The highest BCUT2D eigenvalue weighted by Crippen LogP contribution is 2.29. The minimum atomic E-state index is -0.598. The van der Waals surface area contributed by atoms with Crippen LogP contribution in [0.15, 0.2) is 45.3 Å². The van der Waals surface area contributed by atoms with Gasteiger partial charge in [-0.25, -0.2) is 0 Å². The van der Waals surface area contributed by atoms with Gasteiger partial charge in [0.25, 0.3) is 5.91 Å². The third-order valence-electron chi connectivity index (χ3n) is 3.34. The Morgan fingerprint density at radius 2 is 1.82 bits per heavy atom. The summed E-state index contributed by atoms with van der Waals surface area (Å²) in [6.45, 7) is 5.78. The molecule has 116 valence electrons. The van der Waals surface area contributed by atoms with Gasteiger partial charge in [0.15, 0.2) is 6.10 Å². The lowest BCUT2D eigenvalue weighted by molar-refractivity contribution is -0.122. The van der Waals surface area contributed by atoms with E-state index in [0.717, 1.165) is 20.2 Å². The van der Waals surface area contributed by atoms with Gasteiger partial charge in [-0.05, 0) is 78.2 Å². The number of carbonyl (C=O) groups is 1. The number of anilines is 1. The van der Waals surface area contributed by atoms with Crippen molar-refractivity contribution in [3.05, 3.63) is 56.5 Å². The highest BCUT2D eigenvalue weighted by atomic mass is 79.9. The topological polar surface area (TPSA) is 38.3 Å². The van der Waals surface area contributed by atoms with E-state index in [2.05, 4.69) is 37.2 Å². The van der Waals surface area contributed by atoms with Crippen LogP contribution in [0.4, 0.5) is 5.69 Å². The summed E-state index contributed by atoms with van der Waals surface area (Å²) in [5.74, 6) is 0.448. The normalized spacial score (nSPS) is 11.9. The van der Waals surface area contributed by atoms with Crippen LogP contribution in [0.25, 0.3) is 0 Å². The minimum Gasteiger partial charge on any atom is -0.480 e. The van der Waals surface area contributed by atoms with E-state index in [9.17, 15) is 4.79 Å². The molecule has 22 heavy (non-hydrogen) atoms. The fourth-order valence-electron chi connectivity index (χ4n) is 1.88. The molecule has 2 aromatic carbocycles. The van der Waals surface area contributed by atoms with Gasteiger partial charge in [0.2, 0.25) is 0 Å². The lowest BCUT2D eigenvalue weighted by Gasteiger charge is -2.16. The van der Waals surface area contributed by atoms with E-state index in [-0.39, 0.29) is 5.91 Å². The zero-order chi connectivity index (χ0) is 16.3. The zero-order valence-corrected chi connectivity index (χ0v) is 15.8. The second-order valence-corrected chi connectivity index (χ2v) is 6.89. The van der Waals surface area contributed by atoms with Crippen molar-refractivity contribution in [2.45, 2.75) is 26.9 Å². The predicted molar refractivity (Wildman–Crippen MR) is 96.5 cm³/mol. The van der Waals surface area contributed by atoms with Gasteiger partial charge in [0.05, 0.1) is 4.47 Å². The first-order valence-corrected chi connectivity index (χ1v) is 8.45. The zero-order valence-electron chi connectivity index (χ0n) is 12.6. The fourth-order valence-corrected chi connectivity index (χ4v) is 3.02. The van der Waals surface area contributed by atoms with Crippen LogP contribution in [0.1, 0.15) is 18.1 Å². The lowest BCUT2D eigenvalue weighted by atomic mass is 10.1. The summed E-state index contributed by atoms with van der Waals surface area (Å²) in [5.41, 5.74) is 3.11. The van der Waals surface area contributed by atoms with E-state index in [1.807, 2.05) is 50.2 Å². The smallest absolute Gasteiger partial charge is 0.265 e. The van der Waals surface area contributed by atoms with Crippen molar-refractivity contribution in [2.24, 2.45) is 0 Å². The maximum Gasteiger partial charge on any atom is 0.265 e. The molecule has 0 aliphatic carbocycles. The second kappa shape index (κ2) is 7.29. The highest BCUT2D eigenvalue weighted by Gasteiger charge is 2.16. The van der Waals surface area contributed by atoms with Crippen molar-refractivity contribution in [3.8, 4) is 5.75 Å². The van der Waals surface area contributed by atoms with Gasteiger partial charge in [0.1, 0.15) is 5.75 Å². The molecule has 0 heterocycles. The first-order valence-electron chi connectivity index (χ1n) is 6.86. The summed E-state index contributed by atoms with van der Waals surface area (Å²) in [6, 6.07) is 11.4. The number of amides is 1. The summed E-state index contributed by atoms with van der Waals surface area (Å²) >= 11 is 6.81. The Morgan fingerprint density at radius 1 is 1.09 bits per heavy atom. The van der Waals surface area contributed by atoms with Crippen LogP contribution in [0.3, 0.4) is 0 Å². The molecule has 2 aromatic rings. The Balaban J connectivity index is 2.04. The molecule has 0 saturated heterocycles. The average Bonchev–Trinajstić information content (AvgIpc) is 2.45. The standard InChI is InChI=1S/C17H17Br2NO2/c1-10-4-6-14(8-11(10)2)20-17(21)12(3)22-16-7-5-13(18)9-15(16)19/h4-9,12H,1-3H3,(H,20,21). The van der Waals surface area contributed by atoms with Crippen molar-refractivity contribution in [1.82, 2.24) is 0 Å². The number of hydrogen-bond acceptors (Lipinski definition) is 2. The molecule has 2 rings (SSSR count). The average molecular weight is 427 g/mol. The SMILES string of the molecule is Cc1ccc(NC(=O)C(C)Oc2ccc(Br)cc2Br)cc1C. The van der Waals surface area contributed by atoms with Gasteiger partial charge in [-0.3, -0.25) is 4.79 Å². The Morgan fingerprint density at radius 3 is 2.45 bits per heavy atom. The summed E-state index contributed by atoms with van der Waals surface area (Å²) < 4.78 is 7.45. The van der Waals surface area contributed by atoms with Crippen LogP contribution in [-0.2, 0) is 4.79 Å². The molecule has 1 N–H and O–H groups in total. The van der Waals surface area contributed by atoms with Crippen LogP contribution < -0.4 is 10.1 Å². The van der Waals surface area contributed by atoms with Gasteiger partial charge in [-0.15, -0.1) is 0 Å². The second-order valence-electron chi connectivity index (χ2n) is 5.12. The summed E-state index contributed by atoms with van der Waals surface area (Å²) in [6.07, 6.45) is -0.598. The highest BCUT2D eigenvalue weighted by molar-refractivity contribution is 9.11. The molecular weight excluding hydrogens is 410 g/mol. The van der Waals surface area contributed by atoms with Crippen LogP contribution in [-0.4, -0.2) is 12.0 Å². The third-order valence-corrected chi connectivity index (χ3v) is 4.45. The Bertz CT molecular complexity index is 701. The predicted octanol–water partition coefficient (Wildman–Crippen LogP) is 5.23. The van der Waals surface area contributed by atoms with Crippen molar-refractivity contribution < 1.29 is 9.53 Å². The molecule has 0 aliphatic rings. The van der Waals surface area contributed by atoms with E-state index in [4.69, 9.17) is 4.74 Å². The van der Waals surface area contributed by atoms with E-state index >= 15 is 0 Å². The fraction of sp³-hybridized carbons (Fsp3) is 0.235. The van der Waals surface area contributed by atoms with E-state index in [1.54, 1.807) is 6.92 Å². The van der Waals surface area contributed by atoms with Crippen molar-refractivity contribution in [1.29, 1.82) is 0 Å². The van der Waals surface area contributed by atoms with Crippen LogP contribution >= 0.6 is 31.9 Å². The molecule has 0 radical (unpaired) electrons. The van der Waals surface area contributed by atoms with Gasteiger partial charge >= 0.3 is 0 Å². The molecule has 0 fully saturated rings. The van der Waals surface area contributed by atoms with Gasteiger partial charge < -0.3 is 10.1 Å². The lowest BCUT2D eigenvalue weighted by Crippen LogP contribution is -2.30. The number of nitrogens with one attached hydrogen (secondary N) is 1. The van der Waals surface area contributed by atoms with E-state index in [0.29, 0.717) is 5.75 Å². The van der Waals surface area contributed by atoms with Crippen molar-refractivity contribution in [2.75, 3.05) is 5.32 Å². The first kappa shape index (κ1) is 17.0. The first-order chi connectivity index (χ1) is 10.4. The maximum absolute atomic E-state index is 12.2. The van der Waals surface area contributed by atoms with Crippen molar-refractivity contribution >= 4 is 43.5 Å². The van der Waals surface area contributed by atoms with Crippen LogP contribution in [0, 0.1) is 13.8 Å². The summed E-state index contributed by atoms with van der Waals surface area (Å²) in [4.78, 5) is 12.2. The molecule has 0 bridgehead atoms. The van der Waals surface area contributed by atoms with E-state index < -0.39 is 6.10 Å².